The van der Waals surface area contributed by atoms with Crippen LogP contribution in [0.4, 0.5) is 0 Å². The Bertz CT molecular complexity index is 590. The number of hydrogen-bond acceptors (Lipinski definition) is 7. The van der Waals surface area contributed by atoms with Crippen LogP contribution < -0.4 is 16.4 Å². The highest BCUT2D eigenvalue weighted by Crippen LogP contribution is 2.15. The van der Waals surface area contributed by atoms with Crippen molar-refractivity contribution in [3.63, 3.8) is 0 Å². The van der Waals surface area contributed by atoms with Crippen molar-refractivity contribution in [1.29, 1.82) is 0 Å². The molecule has 0 saturated carbocycles. The molecule has 0 bridgehead atoms. The molecule has 0 aromatic carbocycles. The van der Waals surface area contributed by atoms with E-state index >= 15 is 0 Å². The molecule has 7 heteroatoms. The van der Waals surface area contributed by atoms with Crippen molar-refractivity contribution in [3.05, 3.63) is 42.0 Å². The van der Waals surface area contributed by atoms with Crippen LogP contribution in [0.5, 0.6) is 0 Å². The van der Waals surface area contributed by atoms with E-state index in [0.717, 1.165) is 44.4 Å². The Morgan fingerprint density at radius 3 is 2.74 bits per heavy atom. The van der Waals surface area contributed by atoms with Crippen molar-refractivity contribution in [3.8, 4) is 0 Å². The molecule has 1 atom stereocenters. The summed E-state index contributed by atoms with van der Waals surface area (Å²) in [5, 5.41) is 6.38. The highest BCUT2D eigenvalue weighted by atomic mass is 15.4. The van der Waals surface area contributed by atoms with E-state index in [1.807, 2.05) is 38.4 Å². The van der Waals surface area contributed by atoms with Gasteiger partial charge in [0.05, 0.1) is 5.69 Å². The van der Waals surface area contributed by atoms with Gasteiger partial charge in [-0.05, 0) is 32.2 Å². The predicted molar refractivity (Wildman–Crippen MR) is 91.4 cm³/mol. The average molecular weight is 315 g/mol. The first-order chi connectivity index (χ1) is 11.1. The summed E-state index contributed by atoms with van der Waals surface area (Å²) >= 11 is 0. The van der Waals surface area contributed by atoms with Gasteiger partial charge in [-0.15, -0.1) is 0 Å². The number of pyridine rings is 1. The molecule has 1 unspecified atom stereocenters. The number of likely N-dealkylation sites (N-methyl/N-ethyl adjacent to an activating group) is 1. The number of aromatic nitrogens is 1. The van der Waals surface area contributed by atoms with Crippen molar-refractivity contribution < 1.29 is 0 Å². The Hall–Kier alpha value is -2.12. The van der Waals surface area contributed by atoms with Gasteiger partial charge in [0.25, 0.3) is 0 Å². The molecule has 124 valence electrons. The zero-order chi connectivity index (χ0) is 16.3. The Morgan fingerprint density at radius 2 is 2.09 bits per heavy atom. The van der Waals surface area contributed by atoms with Crippen LogP contribution >= 0.6 is 0 Å². The third kappa shape index (κ3) is 3.80. The van der Waals surface area contributed by atoms with E-state index in [0.29, 0.717) is 5.82 Å². The Kier molecular flexibility index (Phi) is 4.49. The quantitative estimate of drug-likeness (QED) is 0.722. The van der Waals surface area contributed by atoms with Crippen LogP contribution in [0.2, 0.25) is 0 Å². The van der Waals surface area contributed by atoms with Gasteiger partial charge in [-0.25, -0.2) is 4.99 Å². The largest absolute Gasteiger partial charge is 0.385 e. The summed E-state index contributed by atoms with van der Waals surface area (Å²) in [4.78, 5) is 13.8. The minimum absolute atomic E-state index is 0.449. The van der Waals surface area contributed by atoms with Gasteiger partial charge in [0.2, 0.25) is 5.96 Å². The highest BCUT2D eigenvalue weighted by Gasteiger charge is 2.28. The Balaban J connectivity index is 1.59. The Labute approximate surface area is 137 Å². The van der Waals surface area contributed by atoms with Crippen LogP contribution in [-0.2, 0) is 6.54 Å². The number of nitrogens with two attached hydrogens (primary N) is 1. The lowest BCUT2D eigenvalue weighted by Gasteiger charge is -2.39. The molecule has 4 N–H and O–H groups in total. The van der Waals surface area contributed by atoms with Crippen molar-refractivity contribution in [2.75, 3.05) is 33.2 Å². The maximum absolute atomic E-state index is 6.00. The van der Waals surface area contributed by atoms with Crippen molar-refractivity contribution in [1.82, 2.24) is 25.4 Å². The SMILES string of the molecule is CNC1(C)C=C(N)NC(N2CCN(Cc3ccccn3)CC2)=N1. The molecule has 1 aromatic rings. The lowest BCUT2D eigenvalue weighted by Crippen LogP contribution is -2.56. The first-order valence-corrected chi connectivity index (χ1v) is 7.99. The third-order valence-electron chi connectivity index (χ3n) is 4.32. The van der Waals surface area contributed by atoms with E-state index in [9.17, 15) is 0 Å². The molecule has 7 nitrogen and oxygen atoms in total. The lowest BCUT2D eigenvalue weighted by molar-refractivity contribution is 0.170. The molecule has 23 heavy (non-hydrogen) atoms. The molecule has 2 aliphatic heterocycles. The highest BCUT2D eigenvalue weighted by molar-refractivity contribution is 5.83. The molecule has 0 amide bonds. The fraction of sp³-hybridized carbons (Fsp3) is 0.500. The van der Waals surface area contributed by atoms with E-state index < -0.39 is 5.66 Å². The summed E-state index contributed by atoms with van der Waals surface area (Å²) in [6, 6.07) is 6.06. The van der Waals surface area contributed by atoms with Crippen molar-refractivity contribution in [2.45, 2.75) is 19.1 Å². The lowest BCUT2D eigenvalue weighted by atomic mass is 10.2. The smallest absolute Gasteiger partial charge is 0.201 e. The van der Waals surface area contributed by atoms with Gasteiger partial charge < -0.3 is 16.0 Å². The van der Waals surface area contributed by atoms with E-state index in [1.54, 1.807) is 0 Å². The number of piperazine rings is 1. The molecule has 1 fully saturated rings. The van der Waals surface area contributed by atoms with Crippen LogP contribution in [0.1, 0.15) is 12.6 Å². The average Bonchev–Trinajstić information content (AvgIpc) is 2.56. The van der Waals surface area contributed by atoms with Gasteiger partial charge in [0.1, 0.15) is 11.5 Å². The fourth-order valence-electron chi connectivity index (χ4n) is 2.86. The van der Waals surface area contributed by atoms with Gasteiger partial charge >= 0.3 is 0 Å². The summed E-state index contributed by atoms with van der Waals surface area (Å²) in [5.41, 5.74) is 6.66. The zero-order valence-electron chi connectivity index (χ0n) is 13.8. The first-order valence-electron chi connectivity index (χ1n) is 7.99. The zero-order valence-corrected chi connectivity index (χ0v) is 13.8. The minimum Gasteiger partial charge on any atom is -0.385 e. The van der Waals surface area contributed by atoms with Gasteiger partial charge in [0, 0.05) is 38.9 Å². The van der Waals surface area contributed by atoms with E-state index in [-0.39, 0.29) is 0 Å². The van der Waals surface area contributed by atoms with Gasteiger partial charge in [0.15, 0.2) is 0 Å². The van der Waals surface area contributed by atoms with Crippen LogP contribution in [0, 0.1) is 0 Å². The molecule has 1 saturated heterocycles. The number of aliphatic imine (C=N–C) groups is 1. The first kappa shape index (κ1) is 15.8. The number of hydrogen-bond donors (Lipinski definition) is 3. The minimum atomic E-state index is -0.449. The van der Waals surface area contributed by atoms with Gasteiger partial charge in [-0.1, -0.05) is 6.07 Å². The monoisotopic (exact) mass is 315 g/mol. The molecule has 3 rings (SSSR count). The summed E-state index contributed by atoms with van der Waals surface area (Å²) < 4.78 is 0. The summed E-state index contributed by atoms with van der Waals surface area (Å²) in [5.74, 6) is 1.49. The van der Waals surface area contributed by atoms with Crippen molar-refractivity contribution in [2.24, 2.45) is 10.7 Å². The second-order valence-electron chi connectivity index (χ2n) is 6.14. The number of nitrogens with one attached hydrogen (secondary N) is 2. The second-order valence-corrected chi connectivity index (χ2v) is 6.14. The van der Waals surface area contributed by atoms with E-state index in [4.69, 9.17) is 10.7 Å². The normalized spacial score (nSPS) is 25.6. The molecular formula is C16H25N7. The molecule has 1 aromatic heterocycles. The van der Waals surface area contributed by atoms with Crippen LogP contribution in [0.25, 0.3) is 0 Å². The van der Waals surface area contributed by atoms with E-state index in [1.165, 1.54) is 0 Å². The number of rotatable bonds is 3. The summed E-state index contributed by atoms with van der Waals surface area (Å²) in [6.45, 7) is 6.72. The Morgan fingerprint density at radius 1 is 1.30 bits per heavy atom. The molecule has 0 aliphatic carbocycles. The summed E-state index contributed by atoms with van der Waals surface area (Å²) in [6.07, 6.45) is 3.74. The molecule has 3 heterocycles. The van der Waals surface area contributed by atoms with E-state index in [2.05, 4.69) is 31.5 Å². The molecule has 0 spiro atoms. The molecular weight excluding hydrogens is 290 g/mol. The van der Waals surface area contributed by atoms with Crippen molar-refractivity contribution >= 4 is 5.96 Å². The molecule has 0 radical (unpaired) electrons. The maximum atomic E-state index is 6.00. The maximum Gasteiger partial charge on any atom is 0.201 e. The standard InChI is InChI=1S/C16H25N7/c1-16(18-2)11-14(17)20-15(21-16)23-9-7-22(8-10-23)12-13-5-3-4-6-19-13/h3-6,11,18H,7-10,12,17H2,1-2H3,(H,20,21). The predicted octanol–water partition coefficient (Wildman–Crippen LogP) is -0.106. The summed E-state index contributed by atoms with van der Waals surface area (Å²) in [7, 11) is 1.89. The van der Waals surface area contributed by atoms with Crippen LogP contribution in [-0.4, -0.2) is 59.6 Å². The molecule has 2 aliphatic rings. The fourth-order valence-corrected chi connectivity index (χ4v) is 2.86. The topological polar surface area (TPSA) is 81.8 Å². The second kappa shape index (κ2) is 6.55. The van der Waals surface area contributed by atoms with Crippen LogP contribution in [0.3, 0.4) is 0 Å². The number of nitrogens with zero attached hydrogens (tertiary/aromatic N) is 4. The number of guanidine groups is 1. The third-order valence-corrected chi connectivity index (χ3v) is 4.32. The van der Waals surface area contributed by atoms with Gasteiger partial charge in [-0.3, -0.25) is 15.2 Å². The van der Waals surface area contributed by atoms with Gasteiger partial charge in [-0.2, -0.15) is 0 Å². The van der Waals surface area contributed by atoms with Crippen LogP contribution in [0.15, 0.2) is 41.3 Å².